The Kier molecular flexibility index (Phi) is 2.63. The first-order valence-electron chi connectivity index (χ1n) is 4.66. The maximum atomic E-state index is 6.02. The predicted molar refractivity (Wildman–Crippen MR) is 59.5 cm³/mol. The van der Waals surface area contributed by atoms with Crippen LogP contribution in [-0.2, 0) is 0 Å². The molecule has 0 N–H and O–H groups in total. The van der Waals surface area contributed by atoms with E-state index >= 15 is 0 Å². The van der Waals surface area contributed by atoms with Gasteiger partial charge in [0.05, 0.1) is 10.9 Å². The number of rotatable bonds is 3. The summed E-state index contributed by atoms with van der Waals surface area (Å²) in [7, 11) is 0. The largest absolute Gasteiger partial charge is 0.484 e. The Morgan fingerprint density at radius 3 is 2.71 bits per heavy atom. The minimum atomic E-state index is -0.140. The molecule has 0 amide bonds. The molecular formula is C11H12Cl2O. The molecule has 1 aromatic carbocycles. The smallest absolute Gasteiger partial charge is 0.139 e. The fourth-order valence-corrected chi connectivity index (χ4v) is 1.80. The van der Waals surface area contributed by atoms with Crippen molar-refractivity contribution in [2.24, 2.45) is 0 Å². The number of alkyl halides is 1. The van der Waals surface area contributed by atoms with Gasteiger partial charge in [0.15, 0.2) is 0 Å². The molecular weight excluding hydrogens is 219 g/mol. The first-order chi connectivity index (χ1) is 6.65. The number of hydrogen-bond acceptors (Lipinski definition) is 1. The summed E-state index contributed by atoms with van der Waals surface area (Å²) in [5.41, 5.74) is 1.01. The van der Waals surface area contributed by atoms with Crippen LogP contribution in [0.1, 0.15) is 18.4 Å². The van der Waals surface area contributed by atoms with E-state index in [1.54, 1.807) is 0 Å². The summed E-state index contributed by atoms with van der Waals surface area (Å²) in [5, 5.41) is 0.659. The minimum Gasteiger partial charge on any atom is -0.484 e. The van der Waals surface area contributed by atoms with Gasteiger partial charge >= 0.3 is 0 Å². The van der Waals surface area contributed by atoms with Gasteiger partial charge in [-0.15, -0.1) is 11.6 Å². The van der Waals surface area contributed by atoms with Crippen molar-refractivity contribution < 1.29 is 4.74 Å². The number of ether oxygens (including phenoxy) is 1. The van der Waals surface area contributed by atoms with Crippen molar-refractivity contribution >= 4 is 23.2 Å². The average molecular weight is 231 g/mol. The molecule has 0 spiro atoms. The first-order valence-corrected chi connectivity index (χ1v) is 5.58. The van der Waals surface area contributed by atoms with Crippen molar-refractivity contribution in [3.8, 4) is 5.75 Å². The lowest BCUT2D eigenvalue weighted by molar-refractivity contribution is 0.204. The normalized spacial score (nSPS) is 17.9. The van der Waals surface area contributed by atoms with Gasteiger partial charge in [-0.3, -0.25) is 0 Å². The third-order valence-electron chi connectivity index (χ3n) is 2.46. The van der Waals surface area contributed by atoms with Crippen molar-refractivity contribution in [3.05, 3.63) is 28.8 Å². The van der Waals surface area contributed by atoms with Crippen LogP contribution in [0.4, 0.5) is 0 Å². The van der Waals surface area contributed by atoms with Gasteiger partial charge < -0.3 is 4.74 Å². The Hall–Kier alpha value is -0.400. The molecule has 2 rings (SSSR count). The van der Waals surface area contributed by atoms with Gasteiger partial charge in [-0.25, -0.2) is 0 Å². The second-order valence-corrected chi connectivity index (χ2v) is 4.53. The van der Waals surface area contributed by atoms with Crippen LogP contribution in [0, 0.1) is 6.92 Å². The number of benzene rings is 1. The van der Waals surface area contributed by atoms with Gasteiger partial charge in [0, 0.05) is 0 Å². The van der Waals surface area contributed by atoms with Crippen LogP contribution in [-0.4, -0.2) is 11.5 Å². The highest BCUT2D eigenvalue weighted by Crippen LogP contribution is 2.43. The Labute approximate surface area is 94.0 Å². The molecule has 0 unspecified atom stereocenters. The van der Waals surface area contributed by atoms with Crippen molar-refractivity contribution in [1.82, 2.24) is 0 Å². The molecule has 1 aliphatic carbocycles. The lowest BCUT2D eigenvalue weighted by atomic mass is 10.2. The van der Waals surface area contributed by atoms with Gasteiger partial charge in [-0.1, -0.05) is 17.7 Å². The number of aryl methyl sites for hydroxylation is 1. The zero-order valence-electron chi connectivity index (χ0n) is 8.02. The SMILES string of the molecule is Cc1ccc(Cl)c(OC2(CCl)CC2)c1. The van der Waals surface area contributed by atoms with Crippen LogP contribution in [0.5, 0.6) is 5.75 Å². The van der Waals surface area contributed by atoms with Crippen LogP contribution in [0.25, 0.3) is 0 Å². The van der Waals surface area contributed by atoms with E-state index in [0.717, 1.165) is 24.2 Å². The second kappa shape index (κ2) is 3.63. The molecule has 0 heterocycles. The van der Waals surface area contributed by atoms with Crippen LogP contribution in [0.15, 0.2) is 18.2 Å². The van der Waals surface area contributed by atoms with E-state index in [2.05, 4.69) is 0 Å². The lowest BCUT2D eigenvalue weighted by Crippen LogP contribution is -2.19. The zero-order chi connectivity index (χ0) is 10.2. The topological polar surface area (TPSA) is 9.23 Å². The van der Waals surface area contributed by atoms with Crippen molar-refractivity contribution in [2.75, 3.05) is 5.88 Å². The Balaban J connectivity index is 2.20. The molecule has 1 saturated carbocycles. The zero-order valence-corrected chi connectivity index (χ0v) is 9.53. The molecule has 1 aromatic rings. The Morgan fingerprint density at radius 1 is 1.43 bits per heavy atom. The second-order valence-electron chi connectivity index (χ2n) is 3.85. The number of halogens is 2. The van der Waals surface area contributed by atoms with Crippen LogP contribution >= 0.6 is 23.2 Å². The molecule has 76 valence electrons. The number of hydrogen-bond donors (Lipinski definition) is 0. The van der Waals surface area contributed by atoms with Gasteiger partial charge in [0.25, 0.3) is 0 Å². The maximum Gasteiger partial charge on any atom is 0.139 e. The monoisotopic (exact) mass is 230 g/mol. The highest BCUT2D eigenvalue weighted by atomic mass is 35.5. The van der Waals surface area contributed by atoms with Crippen LogP contribution < -0.4 is 4.74 Å². The van der Waals surface area contributed by atoms with Crippen LogP contribution in [0.2, 0.25) is 5.02 Å². The molecule has 0 bridgehead atoms. The maximum absolute atomic E-state index is 6.02. The molecule has 1 fully saturated rings. The minimum absolute atomic E-state index is 0.140. The quantitative estimate of drug-likeness (QED) is 0.719. The van der Waals surface area contributed by atoms with Gasteiger partial charge in [-0.05, 0) is 37.5 Å². The van der Waals surface area contributed by atoms with Crippen LogP contribution in [0.3, 0.4) is 0 Å². The summed E-state index contributed by atoms with van der Waals surface area (Å²) in [5.74, 6) is 1.29. The van der Waals surface area contributed by atoms with E-state index in [1.807, 2.05) is 25.1 Å². The lowest BCUT2D eigenvalue weighted by Gasteiger charge is -2.16. The fraction of sp³-hybridized carbons (Fsp3) is 0.455. The highest BCUT2D eigenvalue weighted by Gasteiger charge is 2.45. The third-order valence-corrected chi connectivity index (χ3v) is 3.26. The Morgan fingerprint density at radius 2 is 2.14 bits per heavy atom. The average Bonchev–Trinajstić information content (AvgIpc) is 2.92. The van der Waals surface area contributed by atoms with E-state index in [0.29, 0.717) is 10.9 Å². The molecule has 0 saturated heterocycles. The van der Waals surface area contributed by atoms with Crippen molar-refractivity contribution in [3.63, 3.8) is 0 Å². The highest BCUT2D eigenvalue weighted by molar-refractivity contribution is 6.32. The van der Waals surface area contributed by atoms with Gasteiger partial charge in [0.1, 0.15) is 11.4 Å². The molecule has 1 aliphatic rings. The van der Waals surface area contributed by atoms with Crippen molar-refractivity contribution in [2.45, 2.75) is 25.4 Å². The standard InChI is InChI=1S/C11H12Cl2O/c1-8-2-3-9(13)10(6-8)14-11(7-12)4-5-11/h2-3,6H,4-5,7H2,1H3. The first kappa shape index (κ1) is 10.1. The summed E-state index contributed by atoms with van der Waals surface area (Å²) >= 11 is 11.8. The van der Waals surface area contributed by atoms with E-state index in [4.69, 9.17) is 27.9 Å². The van der Waals surface area contributed by atoms with Gasteiger partial charge in [0.2, 0.25) is 0 Å². The Bertz CT molecular complexity index is 345. The van der Waals surface area contributed by atoms with E-state index < -0.39 is 0 Å². The predicted octanol–water partition coefficient (Wildman–Crippen LogP) is 3.80. The molecule has 3 heteroatoms. The molecule has 1 nitrogen and oxygen atoms in total. The summed E-state index contributed by atoms with van der Waals surface area (Å²) < 4.78 is 5.81. The summed E-state index contributed by atoms with van der Waals surface area (Å²) in [4.78, 5) is 0. The molecule has 0 aromatic heterocycles. The van der Waals surface area contributed by atoms with E-state index in [1.165, 1.54) is 0 Å². The van der Waals surface area contributed by atoms with Gasteiger partial charge in [-0.2, -0.15) is 0 Å². The van der Waals surface area contributed by atoms with E-state index in [9.17, 15) is 0 Å². The molecule has 0 aliphatic heterocycles. The summed E-state index contributed by atoms with van der Waals surface area (Å²) in [6.07, 6.45) is 2.06. The molecule has 0 atom stereocenters. The summed E-state index contributed by atoms with van der Waals surface area (Å²) in [6, 6.07) is 5.78. The van der Waals surface area contributed by atoms with E-state index in [-0.39, 0.29) is 5.60 Å². The molecule has 0 radical (unpaired) electrons. The third kappa shape index (κ3) is 1.99. The fourth-order valence-electron chi connectivity index (χ4n) is 1.32. The molecule has 14 heavy (non-hydrogen) atoms. The van der Waals surface area contributed by atoms with Crippen molar-refractivity contribution in [1.29, 1.82) is 0 Å². The summed E-state index contributed by atoms with van der Waals surface area (Å²) in [6.45, 7) is 2.02.